The first-order valence-electron chi connectivity index (χ1n) is 10.2. The average molecular weight is 381 g/mol. The van der Waals surface area contributed by atoms with Gasteiger partial charge in [0.15, 0.2) is 17.3 Å². The summed E-state index contributed by atoms with van der Waals surface area (Å²) in [4.78, 5) is 16.5. The summed E-state index contributed by atoms with van der Waals surface area (Å²) in [5.74, 6) is 1.89. The lowest BCUT2D eigenvalue weighted by atomic mass is 9.86. The molecule has 1 aromatic rings. The van der Waals surface area contributed by atoms with Crippen molar-refractivity contribution in [1.29, 1.82) is 0 Å². The van der Waals surface area contributed by atoms with Crippen LogP contribution < -0.4 is 14.8 Å². The van der Waals surface area contributed by atoms with E-state index in [1.807, 2.05) is 30.3 Å². The Morgan fingerprint density at radius 3 is 2.75 bits per heavy atom. The van der Waals surface area contributed by atoms with Gasteiger partial charge in [0.05, 0.1) is 12.2 Å². The fourth-order valence-electron chi connectivity index (χ4n) is 4.79. The van der Waals surface area contributed by atoms with Crippen LogP contribution in [0.5, 0.6) is 11.5 Å². The molecule has 1 aromatic carbocycles. The largest absolute Gasteiger partial charge is 0.486 e. The minimum Gasteiger partial charge on any atom is -0.486 e. The number of likely N-dealkylation sites (tertiary alicyclic amines) is 1. The first-order chi connectivity index (χ1) is 13.7. The summed E-state index contributed by atoms with van der Waals surface area (Å²) < 4.78 is 12.0. The number of fused-ring (bicyclic) bond motifs is 1. The summed E-state index contributed by atoms with van der Waals surface area (Å²) in [6.45, 7) is 5.48. The number of rotatable bonds is 3. The topological polar surface area (TPSA) is 54.0 Å². The van der Waals surface area contributed by atoms with Crippen LogP contribution in [0.25, 0.3) is 0 Å². The average Bonchev–Trinajstić information content (AvgIpc) is 3.13. The maximum Gasteiger partial charge on any atom is 0.161 e. The Morgan fingerprint density at radius 1 is 1.14 bits per heavy atom. The van der Waals surface area contributed by atoms with Crippen molar-refractivity contribution in [3.63, 3.8) is 0 Å². The lowest BCUT2D eigenvalue weighted by Crippen LogP contribution is -2.55. The van der Waals surface area contributed by atoms with Crippen LogP contribution in [-0.4, -0.2) is 66.7 Å². The molecule has 2 saturated heterocycles. The molecule has 0 bridgehead atoms. The van der Waals surface area contributed by atoms with Crippen LogP contribution in [0.3, 0.4) is 0 Å². The molecule has 28 heavy (non-hydrogen) atoms. The van der Waals surface area contributed by atoms with Gasteiger partial charge in [0, 0.05) is 38.3 Å². The smallest absolute Gasteiger partial charge is 0.161 e. The molecule has 1 atom stereocenters. The molecule has 2 fully saturated rings. The van der Waals surface area contributed by atoms with E-state index in [0.717, 1.165) is 57.2 Å². The molecule has 4 aliphatic rings. The van der Waals surface area contributed by atoms with Gasteiger partial charge in [-0.15, -0.1) is 0 Å². The normalized spacial score (nSPS) is 26.6. The van der Waals surface area contributed by atoms with Gasteiger partial charge in [-0.05, 0) is 37.1 Å². The monoisotopic (exact) mass is 381 g/mol. The summed E-state index contributed by atoms with van der Waals surface area (Å²) in [6, 6.07) is 7.89. The van der Waals surface area contributed by atoms with Crippen molar-refractivity contribution < 1.29 is 14.3 Å². The van der Waals surface area contributed by atoms with Crippen LogP contribution in [0.15, 0.2) is 48.2 Å². The Morgan fingerprint density at radius 2 is 1.96 bits per heavy atom. The summed E-state index contributed by atoms with van der Waals surface area (Å²) in [7, 11) is 0. The number of nitrogens with zero attached hydrogens (tertiary/aromatic N) is 2. The fourth-order valence-corrected chi connectivity index (χ4v) is 4.79. The molecule has 1 N–H and O–H groups in total. The Hall–Kier alpha value is -2.31. The van der Waals surface area contributed by atoms with Gasteiger partial charge in [-0.1, -0.05) is 18.2 Å². The zero-order valence-electron chi connectivity index (χ0n) is 16.1. The molecule has 1 aliphatic carbocycles. The van der Waals surface area contributed by atoms with E-state index in [9.17, 15) is 4.79 Å². The number of ketones is 1. The number of piperidine rings is 1. The number of hydrogen-bond acceptors (Lipinski definition) is 6. The van der Waals surface area contributed by atoms with Crippen molar-refractivity contribution in [2.75, 3.05) is 39.5 Å². The molecule has 5 rings (SSSR count). The molecule has 1 unspecified atom stereocenters. The van der Waals surface area contributed by atoms with Crippen LogP contribution in [0.4, 0.5) is 0 Å². The number of carbonyl (C=O) groups is 1. The van der Waals surface area contributed by atoms with Crippen LogP contribution in [0, 0.1) is 0 Å². The molecule has 3 heterocycles. The van der Waals surface area contributed by atoms with Crippen LogP contribution in [0.1, 0.15) is 19.3 Å². The van der Waals surface area contributed by atoms with E-state index >= 15 is 0 Å². The third kappa shape index (κ3) is 3.31. The molecule has 0 radical (unpaired) electrons. The molecule has 6 nitrogen and oxygen atoms in total. The zero-order chi connectivity index (χ0) is 19.0. The minimum atomic E-state index is 0.0803. The van der Waals surface area contributed by atoms with Gasteiger partial charge in [0.25, 0.3) is 0 Å². The van der Waals surface area contributed by atoms with E-state index in [1.54, 1.807) is 6.08 Å². The Labute approximate surface area is 165 Å². The predicted octanol–water partition coefficient (Wildman–Crippen LogP) is 1.94. The lowest BCUT2D eigenvalue weighted by molar-refractivity contribution is -0.114. The summed E-state index contributed by atoms with van der Waals surface area (Å²) in [6.07, 6.45) is 8.61. The van der Waals surface area contributed by atoms with E-state index in [1.165, 1.54) is 5.70 Å². The number of allylic oxidation sites excluding steroid dienone is 3. The molecular formula is C22H27N3O3. The standard InChI is InChI=1S/C22H27N3O3/c26-18-7-5-17(6-8-18)25-16-23-15-22(25)9-11-24(12-10-22)13-19-14-27-20-3-1-2-4-21(20)28-19/h1-7,19,23H,8-16H2. The van der Waals surface area contributed by atoms with Crippen molar-refractivity contribution in [2.45, 2.75) is 30.9 Å². The number of benzene rings is 1. The van der Waals surface area contributed by atoms with Crippen LogP contribution in [-0.2, 0) is 4.79 Å². The summed E-state index contributed by atoms with van der Waals surface area (Å²) >= 11 is 0. The highest BCUT2D eigenvalue weighted by Crippen LogP contribution is 2.36. The van der Waals surface area contributed by atoms with Gasteiger partial charge in [-0.3, -0.25) is 15.0 Å². The van der Waals surface area contributed by atoms with E-state index in [2.05, 4.69) is 21.2 Å². The molecule has 148 valence electrons. The third-order valence-electron chi connectivity index (χ3n) is 6.38. The number of hydrogen-bond donors (Lipinski definition) is 1. The van der Waals surface area contributed by atoms with Crippen LogP contribution >= 0.6 is 0 Å². The number of ether oxygens (including phenoxy) is 2. The van der Waals surface area contributed by atoms with E-state index < -0.39 is 0 Å². The van der Waals surface area contributed by atoms with Crippen molar-refractivity contribution in [3.05, 3.63) is 48.2 Å². The van der Waals surface area contributed by atoms with E-state index in [-0.39, 0.29) is 17.4 Å². The Balaban J connectivity index is 1.20. The molecule has 6 heteroatoms. The van der Waals surface area contributed by atoms with Crippen molar-refractivity contribution in [2.24, 2.45) is 0 Å². The van der Waals surface area contributed by atoms with Gasteiger partial charge in [0.2, 0.25) is 0 Å². The summed E-state index contributed by atoms with van der Waals surface area (Å²) in [5, 5.41) is 3.55. The molecule has 0 amide bonds. The third-order valence-corrected chi connectivity index (χ3v) is 6.38. The van der Waals surface area contributed by atoms with Gasteiger partial charge in [-0.25, -0.2) is 0 Å². The van der Waals surface area contributed by atoms with Gasteiger partial charge in [0.1, 0.15) is 12.7 Å². The lowest BCUT2D eigenvalue weighted by Gasteiger charge is -2.46. The minimum absolute atomic E-state index is 0.0803. The van der Waals surface area contributed by atoms with Crippen molar-refractivity contribution >= 4 is 5.78 Å². The van der Waals surface area contributed by atoms with Crippen LogP contribution in [0.2, 0.25) is 0 Å². The maximum absolute atomic E-state index is 11.5. The van der Waals surface area contributed by atoms with Gasteiger partial charge < -0.3 is 14.4 Å². The first kappa shape index (κ1) is 17.8. The number of nitrogens with one attached hydrogen (secondary N) is 1. The second-order valence-electron chi connectivity index (χ2n) is 8.17. The van der Waals surface area contributed by atoms with E-state index in [4.69, 9.17) is 9.47 Å². The molecular weight excluding hydrogens is 354 g/mol. The van der Waals surface area contributed by atoms with E-state index in [0.29, 0.717) is 13.0 Å². The fraction of sp³-hybridized carbons (Fsp3) is 0.500. The number of carbonyl (C=O) groups excluding carboxylic acids is 1. The maximum atomic E-state index is 11.5. The van der Waals surface area contributed by atoms with Crippen molar-refractivity contribution in [1.82, 2.24) is 15.1 Å². The van der Waals surface area contributed by atoms with Gasteiger partial charge in [-0.2, -0.15) is 0 Å². The molecule has 0 saturated carbocycles. The number of para-hydroxylation sites is 2. The SMILES string of the molecule is O=C1C=CC(N2CNCC23CCN(CC2COc4ccccc4O2)CC3)=CC1. The zero-order valence-corrected chi connectivity index (χ0v) is 16.1. The molecule has 0 aromatic heterocycles. The predicted molar refractivity (Wildman–Crippen MR) is 106 cm³/mol. The first-order valence-corrected chi connectivity index (χ1v) is 10.2. The second-order valence-corrected chi connectivity index (χ2v) is 8.17. The Bertz CT molecular complexity index is 811. The highest BCUT2D eigenvalue weighted by Gasteiger charge is 2.44. The van der Waals surface area contributed by atoms with Gasteiger partial charge >= 0.3 is 0 Å². The van der Waals surface area contributed by atoms with Crippen molar-refractivity contribution in [3.8, 4) is 11.5 Å². The highest BCUT2D eigenvalue weighted by atomic mass is 16.6. The molecule has 3 aliphatic heterocycles. The molecule has 1 spiro atoms. The Kier molecular flexibility index (Phi) is 4.61. The quantitative estimate of drug-likeness (QED) is 0.864. The second kappa shape index (κ2) is 7.26. The highest BCUT2D eigenvalue weighted by molar-refractivity contribution is 5.92. The summed E-state index contributed by atoms with van der Waals surface area (Å²) in [5.41, 5.74) is 1.35.